The Hall–Kier alpha value is -2.15. The third-order valence-corrected chi connectivity index (χ3v) is 4.70. The second-order valence-electron chi connectivity index (χ2n) is 6.79. The molecule has 0 spiro atoms. The molecule has 132 valence electrons. The Kier molecular flexibility index (Phi) is 6.14. The first kappa shape index (κ1) is 18.2. The first-order valence-electron chi connectivity index (χ1n) is 8.49. The van der Waals surface area contributed by atoms with Gasteiger partial charge in [-0.15, -0.1) is 0 Å². The second kappa shape index (κ2) is 8.10. The molecule has 1 aromatic rings. The van der Waals surface area contributed by atoms with Crippen LogP contribution in [0.2, 0.25) is 0 Å². The molecule has 1 amide bonds. The van der Waals surface area contributed by atoms with Crippen molar-refractivity contribution in [2.24, 2.45) is 5.92 Å². The van der Waals surface area contributed by atoms with E-state index < -0.39 is 0 Å². The highest BCUT2D eigenvalue weighted by molar-refractivity contribution is 5.77. The van der Waals surface area contributed by atoms with Crippen LogP contribution in [0.3, 0.4) is 0 Å². The molecular formula is C17H27N4O3+. The van der Waals surface area contributed by atoms with Crippen LogP contribution in [0.1, 0.15) is 20.8 Å². The summed E-state index contributed by atoms with van der Waals surface area (Å²) in [5, 5.41) is 13.8. The van der Waals surface area contributed by atoms with Gasteiger partial charge in [0.2, 0.25) is 0 Å². The van der Waals surface area contributed by atoms with E-state index in [0.717, 1.165) is 31.9 Å². The maximum absolute atomic E-state index is 12.1. The minimum Gasteiger partial charge on any atom is -0.360 e. The molecule has 1 atom stereocenters. The van der Waals surface area contributed by atoms with Gasteiger partial charge in [0.15, 0.2) is 6.54 Å². The van der Waals surface area contributed by atoms with Crippen LogP contribution in [-0.2, 0) is 4.79 Å². The number of nitrogens with one attached hydrogen (secondary N) is 2. The molecule has 1 aromatic carbocycles. The molecule has 1 aliphatic rings. The summed E-state index contributed by atoms with van der Waals surface area (Å²) in [4.78, 5) is 25.9. The van der Waals surface area contributed by atoms with Crippen LogP contribution < -0.4 is 15.1 Å². The Morgan fingerprint density at radius 1 is 1.25 bits per heavy atom. The van der Waals surface area contributed by atoms with Crippen molar-refractivity contribution in [1.29, 1.82) is 0 Å². The lowest BCUT2D eigenvalue weighted by Gasteiger charge is -2.33. The summed E-state index contributed by atoms with van der Waals surface area (Å²) >= 11 is 0. The van der Waals surface area contributed by atoms with E-state index in [9.17, 15) is 14.9 Å². The van der Waals surface area contributed by atoms with Crippen molar-refractivity contribution in [3.8, 4) is 0 Å². The van der Waals surface area contributed by atoms with Crippen molar-refractivity contribution in [1.82, 2.24) is 5.32 Å². The number of carbonyl (C=O) groups excluding carboxylic acids is 1. The van der Waals surface area contributed by atoms with Gasteiger partial charge in [0.05, 0.1) is 31.1 Å². The summed E-state index contributed by atoms with van der Waals surface area (Å²) in [6, 6.07) is 6.85. The van der Waals surface area contributed by atoms with Crippen LogP contribution >= 0.6 is 0 Å². The Labute approximate surface area is 142 Å². The molecule has 0 aliphatic carbocycles. The number of nitro groups is 1. The smallest absolute Gasteiger partial charge is 0.275 e. The number of benzene rings is 1. The highest BCUT2D eigenvalue weighted by atomic mass is 16.6. The summed E-state index contributed by atoms with van der Waals surface area (Å²) in [7, 11) is 0. The molecule has 24 heavy (non-hydrogen) atoms. The fourth-order valence-electron chi connectivity index (χ4n) is 2.74. The lowest BCUT2D eigenvalue weighted by atomic mass is 10.1. The number of piperazine rings is 1. The zero-order chi connectivity index (χ0) is 17.7. The number of hydrogen-bond donors (Lipinski definition) is 2. The second-order valence-corrected chi connectivity index (χ2v) is 6.79. The van der Waals surface area contributed by atoms with Crippen molar-refractivity contribution >= 4 is 17.3 Å². The van der Waals surface area contributed by atoms with E-state index in [1.807, 2.05) is 6.92 Å². The molecule has 0 radical (unpaired) electrons. The fraction of sp³-hybridized carbons (Fsp3) is 0.588. The molecule has 0 aromatic heterocycles. The molecule has 0 bridgehead atoms. The van der Waals surface area contributed by atoms with E-state index in [1.165, 1.54) is 17.0 Å². The Bertz CT molecular complexity index is 566. The SMILES string of the molecule is CC(C)[C@@H](C)NC(=O)C[NH+]1CCN(c2ccc([N+](=O)[O-])cc2)CC1. The van der Waals surface area contributed by atoms with Gasteiger partial charge in [-0.1, -0.05) is 13.8 Å². The summed E-state index contributed by atoms with van der Waals surface area (Å²) in [6.07, 6.45) is 0. The molecule has 1 aliphatic heterocycles. The predicted molar refractivity (Wildman–Crippen MR) is 93.3 cm³/mol. The standard InChI is InChI=1S/C17H26N4O3/c1-13(2)14(3)18-17(22)12-19-8-10-20(11-9-19)15-4-6-16(7-5-15)21(23)24/h4-7,13-14H,8-12H2,1-3H3,(H,18,22)/p+1/t14-/m1/s1. The monoisotopic (exact) mass is 335 g/mol. The number of anilines is 1. The molecule has 1 saturated heterocycles. The summed E-state index contributed by atoms with van der Waals surface area (Å²) < 4.78 is 0. The zero-order valence-electron chi connectivity index (χ0n) is 14.6. The number of nitro benzene ring substituents is 1. The number of amides is 1. The van der Waals surface area contributed by atoms with Gasteiger partial charge in [-0.3, -0.25) is 14.9 Å². The van der Waals surface area contributed by atoms with Crippen LogP contribution in [0.5, 0.6) is 0 Å². The first-order valence-corrected chi connectivity index (χ1v) is 8.49. The number of quaternary nitrogens is 1. The summed E-state index contributed by atoms with van der Waals surface area (Å²) in [5.41, 5.74) is 1.11. The van der Waals surface area contributed by atoms with E-state index in [0.29, 0.717) is 12.5 Å². The number of carbonyl (C=O) groups is 1. The van der Waals surface area contributed by atoms with Gasteiger partial charge in [0, 0.05) is 23.9 Å². The van der Waals surface area contributed by atoms with Gasteiger partial charge >= 0.3 is 0 Å². The van der Waals surface area contributed by atoms with Crippen molar-refractivity contribution in [2.45, 2.75) is 26.8 Å². The number of non-ortho nitro benzene ring substituents is 1. The summed E-state index contributed by atoms with van der Waals surface area (Å²) in [6.45, 7) is 10.2. The Morgan fingerprint density at radius 2 is 1.83 bits per heavy atom. The Morgan fingerprint density at radius 3 is 2.33 bits per heavy atom. The van der Waals surface area contributed by atoms with Gasteiger partial charge in [-0.2, -0.15) is 0 Å². The molecule has 0 unspecified atom stereocenters. The average molecular weight is 335 g/mol. The maximum atomic E-state index is 12.1. The van der Waals surface area contributed by atoms with Crippen LogP contribution in [-0.4, -0.2) is 49.6 Å². The van der Waals surface area contributed by atoms with Crippen molar-refractivity contribution in [3.63, 3.8) is 0 Å². The zero-order valence-corrected chi connectivity index (χ0v) is 14.6. The molecule has 1 heterocycles. The third kappa shape index (κ3) is 4.92. The molecule has 7 nitrogen and oxygen atoms in total. The quantitative estimate of drug-likeness (QED) is 0.585. The van der Waals surface area contributed by atoms with Crippen LogP contribution in [0, 0.1) is 16.0 Å². The fourth-order valence-corrected chi connectivity index (χ4v) is 2.74. The lowest BCUT2D eigenvalue weighted by Crippen LogP contribution is -3.16. The predicted octanol–water partition coefficient (Wildman–Crippen LogP) is 0.460. The van der Waals surface area contributed by atoms with E-state index >= 15 is 0 Å². The van der Waals surface area contributed by atoms with Gasteiger partial charge in [-0.25, -0.2) is 0 Å². The number of hydrogen-bond acceptors (Lipinski definition) is 4. The average Bonchev–Trinajstić information content (AvgIpc) is 2.55. The van der Waals surface area contributed by atoms with Gasteiger partial charge < -0.3 is 15.1 Å². The van der Waals surface area contributed by atoms with Crippen LogP contribution in [0.25, 0.3) is 0 Å². The van der Waals surface area contributed by atoms with E-state index in [-0.39, 0.29) is 22.6 Å². The van der Waals surface area contributed by atoms with E-state index in [4.69, 9.17) is 0 Å². The largest absolute Gasteiger partial charge is 0.360 e. The highest BCUT2D eigenvalue weighted by Crippen LogP contribution is 2.19. The topological polar surface area (TPSA) is 79.9 Å². The van der Waals surface area contributed by atoms with Crippen molar-refractivity contribution in [2.75, 3.05) is 37.6 Å². The third-order valence-electron chi connectivity index (χ3n) is 4.70. The van der Waals surface area contributed by atoms with Crippen molar-refractivity contribution in [3.05, 3.63) is 34.4 Å². The van der Waals surface area contributed by atoms with Gasteiger partial charge in [-0.05, 0) is 25.0 Å². The van der Waals surface area contributed by atoms with Crippen LogP contribution in [0.15, 0.2) is 24.3 Å². The van der Waals surface area contributed by atoms with Crippen LogP contribution in [0.4, 0.5) is 11.4 Å². The first-order chi connectivity index (χ1) is 11.4. The van der Waals surface area contributed by atoms with E-state index in [1.54, 1.807) is 12.1 Å². The summed E-state index contributed by atoms with van der Waals surface area (Å²) in [5.74, 6) is 0.540. The minimum absolute atomic E-state index is 0.106. The number of rotatable bonds is 6. The normalized spacial score (nSPS) is 16.9. The minimum atomic E-state index is -0.386. The molecule has 2 rings (SSSR count). The van der Waals surface area contributed by atoms with Crippen molar-refractivity contribution < 1.29 is 14.6 Å². The van der Waals surface area contributed by atoms with E-state index in [2.05, 4.69) is 24.1 Å². The highest BCUT2D eigenvalue weighted by Gasteiger charge is 2.23. The molecular weight excluding hydrogens is 308 g/mol. The van der Waals surface area contributed by atoms with Gasteiger partial charge in [0.25, 0.3) is 11.6 Å². The maximum Gasteiger partial charge on any atom is 0.275 e. The molecule has 7 heteroatoms. The lowest BCUT2D eigenvalue weighted by molar-refractivity contribution is -0.892. The molecule has 2 N–H and O–H groups in total. The molecule has 0 saturated carbocycles. The Balaban J connectivity index is 1.80. The molecule has 1 fully saturated rings. The number of nitrogens with zero attached hydrogens (tertiary/aromatic N) is 2. The van der Waals surface area contributed by atoms with Gasteiger partial charge in [0.1, 0.15) is 0 Å².